The lowest BCUT2D eigenvalue weighted by atomic mass is 10.00. The Hall–Kier alpha value is -3.99. The van der Waals surface area contributed by atoms with Crippen molar-refractivity contribution in [3.05, 3.63) is 70.9 Å². The predicted octanol–water partition coefficient (Wildman–Crippen LogP) is 5.10. The maximum absolute atomic E-state index is 14.2. The molecular formula is C24H20F2N4O2. The van der Waals surface area contributed by atoms with Gasteiger partial charge in [-0.1, -0.05) is 5.57 Å². The van der Waals surface area contributed by atoms with E-state index in [1.807, 2.05) is 6.07 Å². The highest BCUT2D eigenvalue weighted by Crippen LogP contribution is 2.27. The van der Waals surface area contributed by atoms with Gasteiger partial charge in [0.25, 0.3) is 0 Å². The van der Waals surface area contributed by atoms with Crippen molar-refractivity contribution in [1.82, 2.24) is 9.88 Å². The third kappa shape index (κ3) is 4.37. The number of hydrogen-bond donors (Lipinski definition) is 1. The number of anilines is 1. The van der Waals surface area contributed by atoms with Crippen molar-refractivity contribution in [1.29, 1.82) is 5.26 Å². The number of pyridine rings is 1. The summed E-state index contributed by atoms with van der Waals surface area (Å²) < 4.78 is 33.5. The van der Waals surface area contributed by atoms with Gasteiger partial charge < -0.3 is 15.0 Å². The highest BCUT2D eigenvalue weighted by atomic mass is 19.1. The van der Waals surface area contributed by atoms with Gasteiger partial charge in [-0.25, -0.2) is 13.6 Å². The SMILES string of the molecule is COc1ccc2c(NC(=O)N3CCC(=Cc4c(F)cc(C#N)cc4F)CC3)ccnc2c1. The molecule has 0 unspecified atom stereocenters. The molecule has 1 saturated heterocycles. The van der Waals surface area contributed by atoms with Gasteiger partial charge in [0.15, 0.2) is 0 Å². The molecule has 0 saturated carbocycles. The van der Waals surface area contributed by atoms with Gasteiger partial charge in [-0.05, 0) is 49.2 Å². The quantitative estimate of drug-likeness (QED) is 0.622. The molecule has 0 bridgehead atoms. The molecule has 8 heteroatoms. The summed E-state index contributed by atoms with van der Waals surface area (Å²) in [4.78, 5) is 18.8. The molecule has 2 aromatic carbocycles. The summed E-state index contributed by atoms with van der Waals surface area (Å²) in [5.41, 5.74) is 1.98. The number of aromatic nitrogens is 1. The third-order valence-electron chi connectivity index (χ3n) is 5.44. The average Bonchev–Trinajstić information content (AvgIpc) is 2.81. The minimum Gasteiger partial charge on any atom is -0.497 e. The maximum atomic E-state index is 14.2. The van der Waals surface area contributed by atoms with Crippen LogP contribution >= 0.6 is 0 Å². The predicted molar refractivity (Wildman–Crippen MR) is 117 cm³/mol. The number of nitrogens with zero attached hydrogens (tertiary/aromatic N) is 3. The lowest BCUT2D eigenvalue weighted by Crippen LogP contribution is -2.39. The smallest absolute Gasteiger partial charge is 0.321 e. The Bertz CT molecular complexity index is 1230. The van der Waals surface area contributed by atoms with E-state index in [0.717, 1.165) is 23.1 Å². The molecule has 162 valence electrons. The number of ether oxygens (including phenoxy) is 1. The molecule has 1 aliphatic heterocycles. The number of fused-ring (bicyclic) bond motifs is 1. The summed E-state index contributed by atoms with van der Waals surface area (Å²) >= 11 is 0. The Morgan fingerprint density at radius 3 is 2.56 bits per heavy atom. The highest BCUT2D eigenvalue weighted by molar-refractivity contribution is 6.00. The van der Waals surface area contributed by atoms with E-state index in [-0.39, 0.29) is 17.2 Å². The van der Waals surface area contributed by atoms with Crippen molar-refractivity contribution in [2.75, 3.05) is 25.5 Å². The molecular weight excluding hydrogens is 414 g/mol. The highest BCUT2D eigenvalue weighted by Gasteiger charge is 2.21. The number of urea groups is 1. The van der Waals surface area contributed by atoms with Gasteiger partial charge in [0.1, 0.15) is 17.4 Å². The number of nitrogens with one attached hydrogen (secondary N) is 1. The Morgan fingerprint density at radius 2 is 1.91 bits per heavy atom. The minimum absolute atomic E-state index is 0.0595. The number of carbonyl (C=O) groups is 1. The van der Waals surface area contributed by atoms with E-state index in [1.54, 1.807) is 42.5 Å². The number of rotatable bonds is 3. The zero-order valence-electron chi connectivity index (χ0n) is 17.4. The zero-order chi connectivity index (χ0) is 22.7. The fourth-order valence-electron chi connectivity index (χ4n) is 3.69. The maximum Gasteiger partial charge on any atom is 0.321 e. The number of benzene rings is 2. The zero-order valence-corrected chi connectivity index (χ0v) is 17.4. The van der Waals surface area contributed by atoms with E-state index < -0.39 is 11.6 Å². The molecule has 4 rings (SSSR count). The molecule has 0 aliphatic carbocycles. The summed E-state index contributed by atoms with van der Waals surface area (Å²) in [6.07, 6.45) is 4.10. The van der Waals surface area contributed by atoms with Crippen molar-refractivity contribution in [3.63, 3.8) is 0 Å². The number of carbonyl (C=O) groups excluding carboxylic acids is 1. The van der Waals surface area contributed by atoms with E-state index in [4.69, 9.17) is 10.00 Å². The van der Waals surface area contributed by atoms with E-state index in [9.17, 15) is 13.6 Å². The van der Waals surface area contributed by atoms with E-state index in [0.29, 0.717) is 42.9 Å². The fraction of sp³-hybridized carbons (Fsp3) is 0.208. The van der Waals surface area contributed by atoms with Crippen LogP contribution in [0.25, 0.3) is 17.0 Å². The largest absolute Gasteiger partial charge is 0.497 e. The van der Waals surface area contributed by atoms with Gasteiger partial charge in [-0.3, -0.25) is 4.98 Å². The van der Waals surface area contributed by atoms with Crippen molar-refractivity contribution in [3.8, 4) is 11.8 Å². The summed E-state index contributed by atoms with van der Waals surface area (Å²) in [5, 5.41) is 12.5. The molecule has 2 amide bonds. The Kier molecular flexibility index (Phi) is 5.99. The number of methoxy groups -OCH3 is 1. The topological polar surface area (TPSA) is 78.2 Å². The molecule has 6 nitrogen and oxygen atoms in total. The Labute approximate surface area is 183 Å². The first kappa shape index (κ1) is 21.2. The number of nitriles is 1. The standard InChI is InChI=1S/C24H20F2N4O2/c1-32-17-2-3-18-22(4-7-28-23(18)13-17)29-24(31)30-8-5-15(6-9-30)10-19-20(25)11-16(14-27)12-21(19)26/h2-4,7,10-13H,5-6,8-9H2,1H3,(H,28,29,31). The molecule has 1 aliphatic rings. The minimum atomic E-state index is -0.768. The first-order valence-corrected chi connectivity index (χ1v) is 10.1. The molecule has 2 heterocycles. The van der Waals surface area contributed by atoms with Gasteiger partial charge in [-0.15, -0.1) is 0 Å². The normalized spacial score (nSPS) is 13.6. The van der Waals surface area contributed by atoms with Gasteiger partial charge in [0.05, 0.1) is 29.9 Å². The second-order valence-electron chi connectivity index (χ2n) is 7.43. The van der Waals surface area contributed by atoms with Crippen molar-refractivity contribution >= 4 is 28.7 Å². The van der Waals surface area contributed by atoms with Crippen LogP contribution in [0.1, 0.15) is 24.0 Å². The Balaban J connectivity index is 1.44. The summed E-state index contributed by atoms with van der Waals surface area (Å²) in [6, 6.07) is 10.7. The molecule has 1 N–H and O–H groups in total. The number of halogens is 2. The van der Waals surface area contributed by atoms with Gasteiger partial charge in [0, 0.05) is 36.3 Å². The van der Waals surface area contributed by atoms with Crippen LogP contribution in [0, 0.1) is 23.0 Å². The van der Waals surface area contributed by atoms with Crippen LogP contribution in [0.4, 0.5) is 19.3 Å². The van der Waals surface area contributed by atoms with Crippen LogP contribution in [0.15, 0.2) is 48.2 Å². The van der Waals surface area contributed by atoms with Crippen LogP contribution in [0.2, 0.25) is 0 Å². The van der Waals surface area contributed by atoms with E-state index in [2.05, 4.69) is 10.3 Å². The lowest BCUT2D eigenvalue weighted by Gasteiger charge is -2.29. The van der Waals surface area contributed by atoms with Crippen molar-refractivity contribution in [2.45, 2.75) is 12.8 Å². The van der Waals surface area contributed by atoms with Gasteiger partial charge >= 0.3 is 6.03 Å². The summed E-state index contributed by atoms with van der Waals surface area (Å²) in [5.74, 6) is -0.857. The van der Waals surface area contributed by atoms with E-state index in [1.165, 1.54) is 6.08 Å². The molecule has 0 spiro atoms. The fourth-order valence-corrected chi connectivity index (χ4v) is 3.69. The molecule has 3 aromatic rings. The average molecular weight is 434 g/mol. The second kappa shape index (κ2) is 9.02. The Morgan fingerprint density at radius 1 is 1.19 bits per heavy atom. The van der Waals surface area contributed by atoms with Gasteiger partial charge in [0.2, 0.25) is 0 Å². The first-order valence-electron chi connectivity index (χ1n) is 10.1. The number of hydrogen-bond acceptors (Lipinski definition) is 4. The molecule has 32 heavy (non-hydrogen) atoms. The summed E-state index contributed by atoms with van der Waals surface area (Å²) in [6.45, 7) is 0.849. The van der Waals surface area contributed by atoms with Crippen LogP contribution in [-0.2, 0) is 0 Å². The van der Waals surface area contributed by atoms with Crippen molar-refractivity contribution < 1.29 is 18.3 Å². The number of amides is 2. The van der Waals surface area contributed by atoms with E-state index >= 15 is 0 Å². The van der Waals surface area contributed by atoms with Crippen LogP contribution in [-0.4, -0.2) is 36.1 Å². The third-order valence-corrected chi connectivity index (χ3v) is 5.44. The van der Waals surface area contributed by atoms with Gasteiger partial charge in [-0.2, -0.15) is 5.26 Å². The monoisotopic (exact) mass is 434 g/mol. The first-order chi connectivity index (χ1) is 15.5. The number of piperidine rings is 1. The molecule has 0 atom stereocenters. The van der Waals surface area contributed by atoms with Crippen LogP contribution in [0.3, 0.4) is 0 Å². The number of likely N-dealkylation sites (tertiary alicyclic amines) is 1. The molecule has 0 radical (unpaired) electrons. The molecule has 1 aromatic heterocycles. The lowest BCUT2D eigenvalue weighted by molar-refractivity contribution is 0.208. The second-order valence-corrected chi connectivity index (χ2v) is 7.43. The summed E-state index contributed by atoms with van der Waals surface area (Å²) in [7, 11) is 1.58. The van der Waals surface area contributed by atoms with Crippen molar-refractivity contribution in [2.24, 2.45) is 0 Å². The van der Waals surface area contributed by atoms with Crippen LogP contribution < -0.4 is 10.1 Å². The van der Waals surface area contributed by atoms with Crippen LogP contribution in [0.5, 0.6) is 5.75 Å². The molecule has 1 fully saturated rings.